The van der Waals surface area contributed by atoms with Gasteiger partial charge in [0.25, 0.3) is 0 Å². The van der Waals surface area contributed by atoms with Crippen LogP contribution in [0.4, 0.5) is 0 Å². The zero-order valence-electron chi connectivity index (χ0n) is 8.82. The van der Waals surface area contributed by atoms with E-state index in [-0.39, 0.29) is 22.4 Å². The van der Waals surface area contributed by atoms with Crippen LogP contribution in [0.25, 0.3) is 0 Å². The van der Waals surface area contributed by atoms with Crippen LogP contribution in [0.15, 0.2) is 18.2 Å². The van der Waals surface area contributed by atoms with Gasteiger partial charge in [-0.1, -0.05) is 6.07 Å². The number of carboxylic acids is 1. The minimum atomic E-state index is -1.44. The van der Waals surface area contributed by atoms with Crippen LogP contribution in [0.5, 0.6) is 0 Å². The molecule has 0 spiro atoms. The van der Waals surface area contributed by atoms with E-state index >= 15 is 0 Å². The molecule has 4 nitrogen and oxygen atoms in total. The fourth-order valence-corrected chi connectivity index (χ4v) is 0.679. The first kappa shape index (κ1) is 16.7. The Morgan fingerprint density at radius 3 is 1.87 bits per heavy atom. The number of aliphatic hydroxyl groups is 1. The third-order valence-corrected chi connectivity index (χ3v) is 1.37. The Morgan fingerprint density at radius 2 is 1.73 bits per heavy atom. The van der Waals surface area contributed by atoms with Gasteiger partial charge in [-0.25, -0.2) is 0 Å². The Hall–Kier alpha value is -0.680. The summed E-state index contributed by atoms with van der Waals surface area (Å²) < 4.78 is 0. The third kappa shape index (κ3) is 9.62. The van der Waals surface area contributed by atoms with Gasteiger partial charge >= 0.3 is 22.4 Å². The van der Waals surface area contributed by atoms with Crippen molar-refractivity contribution >= 4 is 5.97 Å². The quantitative estimate of drug-likeness (QED) is 0.730. The van der Waals surface area contributed by atoms with E-state index in [0.717, 1.165) is 18.3 Å². The van der Waals surface area contributed by atoms with Crippen molar-refractivity contribution in [3.63, 3.8) is 0 Å². The van der Waals surface area contributed by atoms with Gasteiger partial charge in [0, 0.05) is 11.4 Å². The monoisotopic (exact) mass is 303 g/mol. The molecule has 5 heteroatoms. The molecule has 88 valence electrons. The topological polar surface area (TPSA) is 73.2 Å². The maximum Gasteiger partial charge on any atom is 1.00 e. The molecule has 0 aliphatic carbocycles. The minimum absolute atomic E-state index is 0. The maximum absolute atomic E-state index is 9.34. The van der Waals surface area contributed by atoms with Crippen molar-refractivity contribution in [2.24, 2.45) is 0 Å². The number of carbonyl (C=O) groups excluding carboxylic acids is 1. The van der Waals surface area contributed by atoms with Crippen molar-refractivity contribution < 1.29 is 37.4 Å². The SMILES string of the molecule is CC(O)C(=O)[O-].Cc1cccc(C)n1.[Ag+]. The Balaban J connectivity index is 0. The van der Waals surface area contributed by atoms with Crippen LogP contribution in [-0.2, 0) is 27.2 Å². The van der Waals surface area contributed by atoms with Gasteiger partial charge in [-0.05, 0) is 32.9 Å². The Morgan fingerprint density at radius 1 is 1.40 bits per heavy atom. The smallest absolute Gasteiger partial charge is 0.547 e. The number of carboxylic acid groups (broad SMARTS) is 1. The number of aromatic nitrogens is 1. The first-order chi connectivity index (χ1) is 6.43. The first-order valence-corrected chi connectivity index (χ1v) is 4.22. The Bertz CT molecular complexity index is 285. The van der Waals surface area contributed by atoms with E-state index in [2.05, 4.69) is 4.98 Å². The number of carbonyl (C=O) groups is 1. The van der Waals surface area contributed by atoms with Crippen molar-refractivity contribution in [2.75, 3.05) is 0 Å². The molecule has 0 aliphatic rings. The summed E-state index contributed by atoms with van der Waals surface area (Å²) in [5.74, 6) is -1.44. The van der Waals surface area contributed by atoms with Crippen molar-refractivity contribution in [2.45, 2.75) is 26.9 Å². The van der Waals surface area contributed by atoms with Crippen LogP contribution >= 0.6 is 0 Å². The predicted molar refractivity (Wildman–Crippen MR) is 50.4 cm³/mol. The number of aliphatic hydroxyl groups excluding tert-OH is 1. The second-order valence-corrected chi connectivity index (χ2v) is 2.92. The summed E-state index contributed by atoms with van der Waals surface area (Å²) >= 11 is 0. The minimum Gasteiger partial charge on any atom is -0.547 e. The summed E-state index contributed by atoms with van der Waals surface area (Å²) in [5.41, 5.74) is 2.18. The summed E-state index contributed by atoms with van der Waals surface area (Å²) in [4.78, 5) is 13.5. The fraction of sp³-hybridized carbons (Fsp3) is 0.400. The van der Waals surface area contributed by atoms with E-state index in [0.29, 0.717) is 0 Å². The van der Waals surface area contributed by atoms with Crippen LogP contribution in [0.3, 0.4) is 0 Å². The molecule has 1 rings (SSSR count). The number of aryl methyl sites for hydroxylation is 2. The molecule has 15 heavy (non-hydrogen) atoms. The van der Waals surface area contributed by atoms with Crippen molar-refractivity contribution in [1.82, 2.24) is 4.98 Å². The van der Waals surface area contributed by atoms with Gasteiger partial charge < -0.3 is 15.0 Å². The van der Waals surface area contributed by atoms with Crippen molar-refractivity contribution in [3.05, 3.63) is 29.6 Å². The van der Waals surface area contributed by atoms with Crippen LogP contribution in [0.2, 0.25) is 0 Å². The summed E-state index contributed by atoms with van der Waals surface area (Å²) in [6.45, 7) is 5.12. The number of pyridine rings is 1. The summed E-state index contributed by atoms with van der Waals surface area (Å²) in [6.07, 6.45) is -1.34. The third-order valence-electron chi connectivity index (χ3n) is 1.37. The number of hydrogen-bond acceptors (Lipinski definition) is 4. The van der Waals surface area contributed by atoms with E-state index in [1.807, 2.05) is 32.0 Å². The first-order valence-electron chi connectivity index (χ1n) is 4.22. The molecule has 0 aromatic carbocycles. The van der Waals surface area contributed by atoms with Gasteiger partial charge in [-0.2, -0.15) is 0 Å². The molecule has 1 heterocycles. The zero-order valence-corrected chi connectivity index (χ0v) is 10.3. The number of aliphatic carboxylic acids is 1. The average molecular weight is 304 g/mol. The van der Waals surface area contributed by atoms with Gasteiger partial charge in [0.05, 0.1) is 12.1 Å². The van der Waals surface area contributed by atoms with Gasteiger partial charge in [0.1, 0.15) is 0 Å². The molecule has 0 fully saturated rings. The number of nitrogens with zero attached hydrogens (tertiary/aromatic N) is 1. The summed E-state index contributed by atoms with van der Waals surface area (Å²) in [5, 5.41) is 17.3. The molecule has 0 saturated carbocycles. The maximum atomic E-state index is 9.34. The standard InChI is InChI=1S/C7H9N.C3H6O3.Ag/c1-6-4-3-5-7(2)8-6;1-2(4)3(5)6;/h3-5H,1-2H3;2,4H,1H3,(H,5,6);/q;;+1/p-1. The van der Waals surface area contributed by atoms with Gasteiger partial charge in [0.15, 0.2) is 0 Å². The molecule has 0 amide bonds. The molecule has 1 aromatic heterocycles. The van der Waals surface area contributed by atoms with E-state index in [9.17, 15) is 9.90 Å². The normalized spacial score (nSPS) is 10.4. The second-order valence-electron chi connectivity index (χ2n) is 2.92. The predicted octanol–water partition coefficient (Wildman–Crippen LogP) is -0.187. The van der Waals surface area contributed by atoms with E-state index in [1.54, 1.807) is 0 Å². The largest absolute Gasteiger partial charge is 1.00 e. The summed E-state index contributed by atoms with van der Waals surface area (Å²) in [6, 6.07) is 6.00. The molecule has 1 N–H and O–H groups in total. The number of rotatable bonds is 1. The van der Waals surface area contributed by atoms with Crippen molar-refractivity contribution in [3.8, 4) is 0 Å². The summed E-state index contributed by atoms with van der Waals surface area (Å²) in [7, 11) is 0. The molecular formula is C10H14AgNO3. The van der Waals surface area contributed by atoms with Gasteiger partial charge in [-0.15, -0.1) is 0 Å². The van der Waals surface area contributed by atoms with Crippen LogP contribution in [0, 0.1) is 13.8 Å². The molecule has 0 saturated heterocycles. The fourth-order valence-electron chi connectivity index (χ4n) is 0.679. The van der Waals surface area contributed by atoms with Crippen LogP contribution in [0.1, 0.15) is 18.3 Å². The van der Waals surface area contributed by atoms with Gasteiger partial charge in [0.2, 0.25) is 0 Å². The molecule has 1 aromatic rings. The molecule has 0 bridgehead atoms. The Kier molecular flexibility index (Phi) is 9.61. The molecule has 1 unspecified atom stereocenters. The Labute approximate surface area is 105 Å². The molecular weight excluding hydrogens is 290 g/mol. The van der Waals surface area contributed by atoms with Crippen molar-refractivity contribution in [1.29, 1.82) is 0 Å². The number of hydrogen-bond donors (Lipinski definition) is 1. The molecule has 0 aliphatic heterocycles. The van der Waals surface area contributed by atoms with E-state index in [4.69, 9.17) is 5.11 Å². The zero-order chi connectivity index (χ0) is 11.1. The average Bonchev–Trinajstić information content (AvgIpc) is 2.04. The molecule has 1 atom stereocenters. The van der Waals surface area contributed by atoms with E-state index < -0.39 is 12.1 Å². The van der Waals surface area contributed by atoms with Crippen LogP contribution in [-0.4, -0.2) is 22.2 Å². The molecule has 0 radical (unpaired) electrons. The van der Waals surface area contributed by atoms with Crippen LogP contribution < -0.4 is 5.11 Å². The van der Waals surface area contributed by atoms with Gasteiger partial charge in [-0.3, -0.25) is 4.98 Å². The second kappa shape index (κ2) is 8.61. The van der Waals surface area contributed by atoms with E-state index in [1.165, 1.54) is 0 Å².